The number of nitrogens with two attached hydrogens (primary N) is 1. The molecule has 0 saturated carbocycles. The Balaban J connectivity index is 2.34. The Morgan fingerprint density at radius 1 is 1.40 bits per heavy atom. The Hall–Kier alpha value is -1.11. The second-order valence-electron chi connectivity index (χ2n) is 5.34. The number of hydrogen-bond acceptors (Lipinski definition) is 4. The molecule has 6 heteroatoms. The quantitative estimate of drug-likeness (QED) is 0.874. The molecule has 0 bridgehead atoms. The van der Waals surface area contributed by atoms with Gasteiger partial charge in [-0.25, -0.2) is 13.1 Å². The fourth-order valence-electron chi connectivity index (χ4n) is 2.60. The summed E-state index contributed by atoms with van der Waals surface area (Å²) in [6.45, 7) is 5.86. The van der Waals surface area contributed by atoms with E-state index in [-0.39, 0.29) is 6.04 Å². The molecule has 1 aromatic carbocycles. The van der Waals surface area contributed by atoms with Crippen molar-refractivity contribution in [1.29, 1.82) is 0 Å². The highest BCUT2D eigenvalue weighted by Gasteiger charge is 2.27. The van der Waals surface area contributed by atoms with Crippen molar-refractivity contribution in [2.45, 2.75) is 31.2 Å². The molecule has 0 spiro atoms. The van der Waals surface area contributed by atoms with Gasteiger partial charge in [0.2, 0.25) is 10.0 Å². The predicted molar refractivity (Wildman–Crippen MR) is 81.3 cm³/mol. The van der Waals surface area contributed by atoms with E-state index in [1.54, 1.807) is 19.1 Å². The van der Waals surface area contributed by atoms with Crippen molar-refractivity contribution >= 4 is 15.7 Å². The summed E-state index contributed by atoms with van der Waals surface area (Å²) < 4.78 is 27.1. The molecule has 1 fully saturated rings. The normalized spacial score (nSPS) is 23.9. The monoisotopic (exact) mass is 297 g/mol. The maximum absolute atomic E-state index is 12.3. The van der Waals surface area contributed by atoms with E-state index < -0.39 is 10.0 Å². The molecule has 20 heavy (non-hydrogen) atoms. The molecule has 3 N–H and O–H groups in total. The molecular weight excluding hydrogens is 274 g/mol. The first kappa shape index (κ1) is 15.3. The van der Waals surface area contributed by atoms with E-state index in [1.165, 1.54) is 0 Å². The fraction of sp³-hybridized carbons (Fsp3) is 0.571. The molecular formula is C14H23N3O2S. The summed E-state index contributed by atoms with van der Waals surface area (Å²) in [5.74, 6) is 0.360. The maximum Gasteiger partial charge on any atom is 0.242 e. The van der Waals surface area contributed by atoms with Gasteiger partial charge in [0, 0.05) is 25.7 Å². The van der Waals surface area contributed by atoms with Crippen LogP contribution in [0.1, 0.15) is 20.3 Å². The lowest BCUT2D eigenvalue weighted by atomic mass is 9.94. The summed E-state index contributed by atoms with van der Waals surface area (Å²) in [7, 11) is -3.44. The van der Waals surface area contributed by atoms with Crippen molar-refractivity contribution in [2.24, 2.45) is 11.7 Å². The summed E-state index contributed by atoms with van der Waals surface area (Å²) in [5, 5.41) is 0. The van der Waals surface area contributed by atoms with Crippen LogP contribution in [0.15, 0.2) is 29.2 Å². The van der Waals surface area contributed by atoms with Gasteiger partial charge in [-0.15, -0.1) is 0 Å². The van der Waals surface area contributed by atoms with Crippen LogP contribution in [0.2, 0.25) is 0 Å². The van der Waals surface area contributed by atoms with E-state index in [0.29, 0.717) is 17.4 Å². The number of anilines is 1. The second kappa shape index (κ2) is 6.11. The van der Waals surface area contributed by atoms with Crippen molar-refractivity contribution in [2.75, 3.05) is 24.5 Å². The molecule has 1 aromatic rings. The Bertz CT molecular complexity index is 559. The van der Waals surface area contributed by atoms with Crippen molar-refractivity contribution < 1.29 is 8.42 Å². The maximum atomic E-state index is 12.3. The largest absolute Gasteiger partial charge is 0.370 e. The third-order valence-electron chi connectivity index (χ3n) is 3.80. The number of hydrogen-bond donors (Lipinski definition) is 2. The summed E-state index contributed by atoms with van der Waals surface area (Å²) in [4.78, 5) is 2.47. The van der Waals surface area contributed by atoms with Crippen LogP contribution < -0.4 is 15.4 Å². The number of sulfonamides is 1. The van der Waals surface area contributed by atoms with Gasteiger partial charge in [-0.1, -0.05) is 26.0 Å². The number of para-hydroxylation sites is 1. The Labute approximate surface area is 121 Å². The van der Waals surface area contributed by atoms with Gasteiger partial charge in [0.05, 0.1) is 5.69 Å². The molecule has 2 unspecified atom stereocenters. The molecule has 0 aromatic heterocycles. The zero-order valence-electron chi connectivity index (χ0n) is 12.0. The zero-order chi connectivity index (χ0) is 14.8. The third kappa shape index (κ3) is 3.13. The van der Waals surface area contributed by atoms with Crippen molar-refractivity contribution in [3.05, 3.63) is 24.3 Å². The first-order chi connectivity index (χ1) is 9.45. The fourth-order valence-corrected chi connectivity index (χ4v) is 3.86. The molecule has 1 saturated heterocycles. The lowest BCUT2D eigenvalue weighted by Crippen LogP contribution is -2.46. The molecule has 1 aliphatic heterocycles. The van der Waals surface area contributed by atoms with Crippen molar-refractivity contribution in [3.8, 4) is 0 Å². The first-order valence-electron chi connectivity index (χ1n) is 7.05. The topological polar surface area (TPSA) is 75.4 Å². The highest BCUT2D eigenvalue weighted by molar-refractivity contribution is 7.89. The van der Waals surface area contributed by atoms with Gasteiger partial charge in [-0.3, -0.25) is 0 Å². The lowest BCUT2D eigenvalue weighted by molar-refractivity contribution is 0.382. The molecule has 0 amide bonds. The minimum absolute atomic E-state index is 0.198. The van der Waals surface area contributed by atoms with Crippen LogP contribution in [0, 0.1) is 5.92 Å². The summed E-state index contributed by atoms with van der Waals surface area (Å²) in [6, 6.07) is 7.36. The van der Waals surface area contributed by atoms with E-state index in [0.717, 1.165) is 25.2 Å². The highest BCUT2D eigenvalue weighted by Crippen LogP contribution is 2.28. The third-order valence-corrected chi connectivity index (χ3v) is 5.39. The van der Waals surface area contributed by atoms with E-state index in [1.807, 2.05) is 12.1 Å². The Morgan fingerprint density at radius 2 is 2.10 bits per heavy atom. The van der Waals surface area contributed by atoms with Crippen molar-refractivity contribution in [3.63, 3.8) is 0 Å². The van der Waals surface area contributed by atoms with Crippen LogP contribution in [0.4, 0.5) is 5.69 Å². The van der Waals surface area contributed by atoms with Gasteiger partial charge in [0.15, 0.2) is 0 Å². The molecule has 2 rings (SSSR count). The van der Waals surface area contributed by atoms with Crippen LogP contribution in [-0.4, -0.2) is 34.1 Å². The molecule has 0 radical (unpaired) electrons. The van der Waals surface area contributed by atoms with Crippen LogP contribution in [-0.2, 0) is 10.0 Å². The van der Waals surface area contributed by atoms with Gasteiger partial charge in [0.1, 0.15) is 4.90 Å². The van der Waals surface area contributed by atoms with E-state index in [2.05, 4.69) is 16.5 Å². The first-order valence-corrected chi connectivity index (χ1v) is 8.53. The number of rotatable bonds is 4. The number of nitrogens with zero attached hydrogens (tertiary/aromatic N) is 1. The molecule has 112 valence electrons. The molecule has 5 nitrogen and oxygen atoms in total. The van der Waals surface area contributed by atoms with Crippen molar-refractivity contribution in [1.82, 2.24) is 4.72 Å². The molecule has 1 heterocycles. The lowest BCUT2D eigenvalue weighted by Gasteiger charge is -2.37. The minimum Gasteiger partial charge on any atom is -0.370 e. The molecule has 2 atom stereocenters. The van der Waals surface area contributed by atoms with Gasteiger partial charge in [-0.05, 0) is 24.5 Å². The minimum atomic E-state index is -3.44. The van der Waals surface area contributed by atoms with E-state index in [9.17, 15) is 8.42 Å². The van der Waals surface area contributed by atoms with Crippen LogP contribution in [0.3, 0.4) is 0 Å². The standard InChI is InChI=1S/C14H23N3O2S/c1-3-16-20(18,19)14-7-5-4-6-13(14)17-9-8-12(15)11(2)10-17/h4-7,11-12,16H,3,8-10,15H2,1-2H3. The average molecular weight is 297 g/mol. The van der Waals surface area contributed by atoms with Crippen LogP contribution in [0.5, 0.6) is 0 Å². The SMILES string of the molecule is CCNS(=O)(=O)c1ccccc1N1CCC(N)C(C)C1. The van der Waals surface area contributed by atoms with Gasteiger partial charge in [0.25, 0.3) is 0 Å². The second-order valence-corrected chi connectivity index (χ2v) is 7.08. The van der Waals surface area contributed by atoms with E-state index >= 15 is 0 Å². The summed E-state index contributed by atoms with van der Waals surface area (Å²) in [6.07, 6.45) is 0.886. The number of benzene rings is 1. The van der Waals surface area contributed by atoms with Gasteiger partial charge >= 0.3 is 0 Å². The number of piperidine rings is 1. The predicted octanol–water partition coefficient (Wildman–Crippen LogP) is 1.16. The Kier molecular flexibility index (Phi) is 4.67. The Morgan fingerprint density at radius 3 is 2.75 bits per heavy atom. The molecule has 1 aliphatic rings. The summed E-state index contributed by atoms with van der Waals surface area (Å²) in [5.41, 5.74) is 6.80. The van der Waals surface area contributed by atoms with Gasteiger partial charge in [-0.2, -0.15) is 0 Å². The highest BCUT2D eigenvalue weighted by atomic mass is 32.2. The number of nitrogens with one attached hydrogen (secondary N) is 1. The van der Waals surface area contributed by atoms with E-state index in [4.69, 9.17) is 5.73 Å². The van der Waals surface area contributed by atoms with Crippen LogP contribution >= 0.6 is 0 Å². The average Bonchev–Trinajstić information content (AvgIpc) is 2.42. The zero-order valence-corrected chi connectivity index (χ0v) is 12.9. The smallest absolute Gasteiger partial charge is 0.242 e. The summed E-state index contributed by atoms with van der Waals surface area (Å²) >= 11 is 0. The van der Waals surface area contributed by atoms with Gasteiger partial charge < -0.3 is 10.6 Å². The van der Waals surface area contributed by atoms with Crippen LogP contribution in [0.25, 0.3) is 0 Å². The molecule has 0 aliphatic carbocycles.